The average molecular weight is 447 g/mol. The van der Waals surface area contributed by atoms with Crippen molar-refractivity contribution in [2.24, 2.45) is 0 Å². The molecule has 5 nitrogen and oxygen atoms in total. The summed E-state index contributed by atoms with van der Waals surface area (Å²) in [5, 5.41) is 11.6. The number of nitrogens with zero attached hydrogens (tertiary/aromatic N) is 2. The molecule has 4 rings (SSSR count). The minimum atomic E-state index is -0.203. The normalized spacial score (nSPS) is 18.7. The van der Waals surface area contributed by atoms with Crippen LogP contribution in [0.4, 0.5) is 0 Å². The summed E-state index contributed by atoms with van der Waals surface area (Å²) >= 11 is 12.2. The van der Waals surface area contributed by atoms with Gasteiger partial charge >= 0.3 is 0 Å². The van der Waals surface area contributed by atoms with Gasteiger partial charge in [0.25, 0.3) is 0 Å². The van der Waals surface area contributed by atoms with Crippen LogP contribution in [-0.2, 0) is 6.54 Å². The Morgan fingerprint density at radius 3 is 2.50 bits per heavy atom. The lowest BCUT2D eigenvalue weighted by Crippen LogP contribution is -2.45. The quantitative estimate of drug-likeness (QED) is 0.685. The molecule has 0 amide bonds. The summed E-state index contributed by atoms with van der Waals surface area (Å²) in [6.45, 7) is 9.35. The number of allylic oxidation sites excluding steroid dienone is 1. The molecule has 0 bridgehead atoms. The second kappa shape index (κ2) is 8.60. The van der Waals surface area contributed by atoms with Crippen LogP contribution in [0.3, 0.4) is 0 Å². The van der Waals surface area contributed by atoms with E-state index >= 15 is 0 Å². The third kappa shape index (κ3) is 4.08. The first kappa shape index (κ1) is 21.2. The van der Waals surface area contributed by atoms with E-state index in [2.05, 4.69) is 16.7 Å². The van der Waals surface area contributed by atoms with Crippen LogP contribution in [0.2, 0.25) is 10.0 Å². The van der Waals surface area contributed by atoms with Gasteiger partial charge in [0.2, 0.25) is 5.78 Å². The Hall–Kier alpha value is -2.05. The lowest BCUT2D eigenvalue weighted by molar-refractivity contribution is 0.101. The van der Waals surface area contributed by atoms with Crippen LogP contribution in [0.1, 0.15) is 34.0 Å². The Morgan fingerprint density at radius 1 is 1.13 bits per heavy atom. The molecule has 0 atom stereocenters. The number of aryl methyl sites for hydroxylation is 1. The number of aromatic hydroxyl groups is 1. The molecule has 2 aromatic carbocycles. The van der Waals surface area contributed by atoms with Crippen LogP contribution in [0.25, 0.3) is 6.08 Å². The number of fused-ring (bicyclic) bond motifs is 1. The van der Waals surface area contributed by atoms with E-state index in [0.717, 1.165) is 32.7 Å². The zero-order valence-corrected chi connectivity index (χ0v) is 18.6. The van der Waals surface area contributed by atoms with Gasteiger partial charge in [-0.05, 0) is 48.9 Å². The minimum Gasteiger partial charge on any atom is -0.507 e. The predicted octanol–water partition coefficient (Wildman–Crippen LogP) is 4.76. The molecular formula is C23H24Cl2N2O3. The van der Waals surface area contributed by atoms with E-state index in [-0.39, 0.29) is 17.3 Å². The summed E-state index contributed by atoms with van der Waals surface area (Å²) in [7, 11) is 0. The van der Waals surface area contributed by atoms with Gasteiger partial charge in [-0.15, -0.1) is 0 Å². The number of ketones is 1. The summed E-state index contributed by atoms with van der Waals surface area (Å²) in [5.74, 6) is 0.597. The van der Waals surface area contributed by atoms with Gasteiger partial charge in [0.15, 0.2) is 5.76 Å². The highest BCUT2D eigenvalue weighted by Gasteiger charge is 2.34. The summed E-state index contributed by atoms with van der Waals surface area (Å²) < 4.78 is 6.01. The zero-order valence-electron chi connectivity index (χ0n) is 17.0. The first-order valence-electron chi connectivity index (χ1n) is 10.1. The van der Waals surface area contributed by atoms with E-state index in [4.69, 9.17) is 27.9 Å². The number of phenols is 1. The number of ether oxygens (including phenoxy) is 1. The van der Waals surface area contributed by atoms with Crippen molar-refractivity contribution in [2.45, 2.75) is 20.4 Å². The number of hydrogen-bond acceptors (Lipinski definition) is 5. The minimum absolute atomic E-state index is 0.155. The Kier molecular flexibility index (Phi) is 6.07. The third-order valence-corrected chi connectivity index (χ3v) is 6.33. The molecule has 158 valence electrons. The van der Waals surface area contributed by atoms with Gasteiger partial charge < -0.3 is 14.7 Å². The second-order valence-corrected chi connectivity index (χ2v) is 8.55. The molecule has 2 heterocycles. The van der Waals surface area contributed by atoms with Crippen LogP contribution in [0.15, 0.2) is 30.0 Å². The van der Waals surface area contributed by atoms with E-state index in [1.54, 1.807) is 30.3 Å². The molecule has 1 saturated heterocycles. The maximum absolute atomic E-state index is 13.1. The first-order chi connectivity index (χ1) is 14.4. The van der Waals surface area contributed by atoms with E-state index in [9.17, 15) is 9.90 Å². The standard InChI is InChI=1S/C23H24Cl2N2O3/c1-3-26-6-8-27(9-7-26)13-17-19(28)10-14(2)21-22(29)20(30-23(17)21)11-15-4-5-16(24)12-18(15)25/h4-5,10-12,28H,3,6-9,13H2,1-2H3/b20-11-. The molecule has 1 fully saturated rings. The molecular weight excluding hydrogens is 423 g/mol. The Bertz CT molecular complexity index is 1030. The van der Waals surface area contributed by atoms with Crippen molar-refractivity contribution in [1.29, 1.82) is 0 Å². The maximum Gasteiger partial charge on any atom is 0.232 e. The smallest absolute Gasteiger partial charge is 0.232 e. The number of likely N-dealkylation sites (N-methyl/N-ethyl adjacent to an activating group) is 1. The Balaban J connectivity index is 1.65. The van der Waals surface area contributed by atoms with Crippen molar-refractivity contribution >= 4 is 35.1 Å². The van der Waals surface area contributed by atoms with Crippen molar-refractivity contribution in [3.8, 4) is 11.5 Å². The lowest BCUT2D eigenvalue weighted by atomic mass is 9.99. The topological polar surface area (TPSA) is 53.0 Å². The highest BCUT2D eigenvalue weighted by Crippen LogP contribution is 2.42. The largest absolute Gasteiger partial charge is 0.507 e. The van der Waals surface area contributed by atoms with Crippen LogP contribution in [0.5, 0.6) is 11.5 Å². The number of carbonyl (C=O) groups excluding carboxylic acids is 1. The lowest BCUT2D eigenvalue weighted by Gasteiger charge is -2.34. The predicted molar refractivity (Wildman–Crippen MR) is 120 cm³/mol. The fourth-order valence-electron chi connectivity index (χ4n) is 3.98. The first-order valence-corrected chi connectivity index (χ1v) is 10.8. The molecule has 0 radical (unpaired) electrons. The molecule has 0 unspecified atom stereocenters. The second-order valence-electron chi connectivity index (χ2n) is 7.71. The maximum atomic E-state index is 13.1. The van der Waals surface area contributed by atoms with Crippen molar-refractivity contribution in [3.05, 3.63) is 62.3 Å². The van der Waals surface area contributed by atoms with Crippen molar-refractivity contribution in [2.75, 3.05) is 32.7 Å². The van der Waals surface area contributed by atoms with Crippen LogP contribution < -0.4 is 4.74 Å². The van der Waals surface area contributed by atoms with Crippen molar-refractivity contribution < 1.29 is 14.6 Å². The molecule has 2 aromatic rings. The van der Waals surface area contributed by atoms with E-state index < -0.39 is 0 Å². The zero-order chi connectivity index (χ0) is 21.4. The number of phenolic OH excluding ortho intramolecular Hbond substituents is 1. The Labute approximate surface area is 186 Å². The number of hydrogen-bond donors (Lipinski definition) is 1. The van der Waals surface area contributed by atoms with Crippen molar-refractivity contribution in [1.82, 2.24) is 9.80 Å². The molecule has 0 aliphatic carbocycles. The third-order valence-electron chi connectivity index (χ3n) is 5.76. The summed E-state index contributed by atoms with van der Waals surface area (Å²) in [6, 6.07) is 6.73. The fraction of sp³-hybridized carbons (Fsp3) is 0.348. The summed E-state index contributed by atoms with van der Waals surface area (Å²) in [4.78, 5) is 17.7. The van der Waals surface area contributed by atoms with Gasteiger partial charge in [0.05, 0.1) is 11.1 Å². The number of rotatable bonds is 4. The summed E-state index contributed by atoms with van der Waals surface area (Å²) in [5.41, 5.74) is 2.50. The molecule has 0 saturated carbocycles. The molecule has 1 N–H and O–H groups in total. The Morgan fingerprint density at radius 2 is 1.83 bits per heavy atom. The molecule has 2 aliphatic rings. The summed E-state index contributed by atoms with van der Waals surface area (Å²) in [6.07, 6.45) is 1.63. The molecule has 0 spiro atoms. The van der Waals surface area contributed by atoms with E-state index in [1.807, 2.05) is 6.92 Å². The van der Waals surface area contributed by atoms with Gasteiger partial charge in [-0.1, -0.05) is 36.2 Å². The van der Waals surface area contributed by atoms with E-state index in [0.29, 0.717) is 44.6 Å². The van der Waals surface area contributed by atoms with Crippen LogP contribution in [-0.4, -0.2) is 53.4 Å². The van der Waals surface area contributed by atoms with Crippen LogP contribution >= 0.6 is 23.2 Å². The van der Waals surface area contributed by atoms with Gasteiger partial charge in [-0.3, -0.25) is 9.69 Å². The van der Waals surface area contributed by atoms with Crippen LogP contribution in [0, 0.1) is 6.92 Å². The monoisotopic (exact) mass is 446 g/mol. The number of Topliss-reactive ketones (excluding diaryl/α,β-unsaturated/α-hetero) is 1. The highest BCUT2D eigenvalue weighted by molar-refractivity contribution is 6.35. The number of halogens is 2. The highest BCUT2D eigenvalue weighted by atomic mass is 35.5. The number of carbonyl (C=O) groups is 1. The molecule has 30 heavy (non-hydrogen) atoms. The van der Waals surface area contributed by atoms with Crippen molar-refractivity contribution in [3.63, 3.8) is 0 Å². The van der Waals surface area contributed by atoms with Gasteiger partial charge in [0.1, 0.15) is 11.5 Å². The number of piperazine rings is 1. The van der Waals surface area contributed by atoms with Gasteiger partial charge in [0, 0.05) is 42.8 Å². The van der Waals surface area contributed by atoms with Gasteiger partial charge in [-0.25, -0.2) is 0 Å². The average Bonchev–Trinajstić information content (AvgIpc) is 3.04. The van der Waals surface area contributed by atoms with E-state index in [1.165, 1.54) is 0 Å². The molecule has 2 aliphatic heterocycles. The molecule has 0 aromatic heterocycles. The van der Waals surface area contributed by atoms with Gasteiger partial charge in [-0.2, -0.15) is 0 Å². The SMILES string of the molecule is CCN1CCN(Cc2c(O)cc(C)c3c2O/C(=C\c2ccc(Cl)cc2Cl)C3=O)CC1. The fourth-order valence-corrected chi connectivity index (χ4v) is 4.44. The number of benzene rings is 2. The molecule has 7 heteroatoms.